The summed E-state index contributed by atoms with van der Waals surface area (Å²) in [7, 11) is 0. The topological polar surface area (TPSA) is 213 Å². The molecule has 1 saturated heterocycles. The van der Waals surface area contributed by atoms with Gasteiger partial charge in [-0.1, -0.05) is 16.9 Å². The number of hydrogen-bond acceptors (Lipinski definition) is 12. The van der Waals surface area contributed by atoms with Gasteiger partial charge in [-0.25, -0.2) is 9.59 Å². The molecular weight excluding hydrogens is 530 g/mol. The number of nitrogens with zero attached hydrogens (tertiary/aromatic N) is 5. The molecule has 0 aromatic carbocycles. The first-order valence-electron chi connectivity index (χ1n) is 10.7. The van der Waals surface area contributed by atoms with E-state index in [-0.39, 0.29) is 28.2 Å². The standard InChI is InChI=1S/C20H21N7O8S2/c1-8(37-19-22-25-26-23-19)9-7-36-16-12(15(29)27(16)13(9)17(30)31)21-14(28)11(10-5-4-6-34-10)24-35-20(2,3)18(32)33/h4-6,8,12,16H,7H2,1-3H3,(H,21,28)(H,30,31)(H,32,33)(H,22,23,25,26)/t8?,12-,16-/m1/s1. The van der Waals surface area contributed by atoms with Gasteiger partial charge in [0.1, 0.15) is 17.1 Å². The van der Waals surface area contributed by atoms with Crippen molar-refractivity contribution in [3.8, 4) is 0 Å². The molecule has 2 amide bonds. The number of aliphatic carboxylic acids is 2. The fourth-order valence-electron chi connectivity index (χ4n) is 3.41. The average molecular weight is 552 g/mol. The quantitative estimate of drug-likeness (QED) is 0.135. The minimum Gasteiger partial charge on any atom is -0.478 e. The first kappa shape index (κ1) is 26.2. The highest BCUT2D eigenvalue weighted by Crippen LogP contribution is 2.43. The Morgan fingerprint density at radius 3 is 2.76 bits per heavy atom. The van der Waals surface area contributed by atoms with Crippen LogP contribution in [0.3, 0.4) is 0 Å². The maximum atomic E-state index is 13.1. The predicted octanol–water partition coefficient (Wildman–Crippen LogP) is 0.296. The number of hydrogen-bond donors (Lipinski definition) is 4. The van der Waals surface area contributed by atoms with Crippen molar-refractivity contribution in [2.45, 2.75) is 48.2 Å². The fourth-order valence-corrected chi connectivity index (χ4v) is 5.82. The molecule has 2 aromatic rings. The largest absolute Gasteiger partial charge is 0.478 e. The van der Waals surface area contributed by atoms with Gasteiger partial charge >= 0.3 is 11.9 Å². The van der Waals surface area contributed by atoms with Crippen molar-refractivity contribution >= 4 is 53.0 Å². The summed E-state index contributed by atoms with van der Waals surface area (Å²) >= 11 is 2.48. The molecule has 0 aliphatic carbocycles. The van der Waals surface area contributed by atoms with Gasteiger partial charge < -0.3 is 24.8 Å². The van der Waals surface area contributed by atoms with Crippen LogP contribution in [0.2, 0.25) is 0 Å². The Morgan fingerprint density at radius 2 is 2.16 bits per heavy atom. The number of H-pyrrole nitrogens is 1. The van der Waals surface area contributed by atoms with Crippen molar-refractivity contribution in [1.29, 1.82) is 0 Å². The Labute approximate surface area is 217 Å². The van der Waals surface area contributed by atoms with E-state index >= 15 is 0 Å². The summed E-state index contributed by atoms with van der Waals surface area (Å²) in [6, 6.07) is 1.86. The number of rotatable bonds is 10. The third-order valence-electron chi connectivity index (χ3n) is 5.44. The molecule has 3 atom stereocenters. The highest BCUT2D eigenvalue weighted by atomic mass is 32.2. The van der Waals surface area contributed by atoms with Gasteiger partial charge in [0.2, 0.25) is 16.5 Å². The molecule has 37 heavy (non-hydrogen) atoms. The number of carbonyl (C=O) groups is 4. The summed E-state index contributed by atoms with van der Waals surface area (Å²) in [6.07, 6.45) is 1.28. The second kappa shape index (κ2) is 10.3. The summed E-state index contributed by atoms with van der Waals surface area (Å²) in [5, 5.41) is 38.2. The zero-order chi connectivity index (χ0) is 26.9. The SMILES string of the molecule is CC(Sc1nn[nH]n1)C1=C(C(=O)O)N2C(=O)[C@@H](NC(=O)C(=NOC(C)(C)C(=O)O)c3ccco3)[C@H]2SC1. The molecule has 0 radical (unpaired) electrons. The van der Waals surface area contributed by atoms with E-state index in [1.165, 1.54) is 55.8 Å². The third-order valence-corrected chi connectivity index (χ3v) is 7.76. The number of fused-ring (bicyclic) bond motifs is 1. The predicted molar refractivity (Wildman–Crippen MR) is 127 cm³/mol. The average Bonchev–Trinajstić information content (AvgIpc) is 3.56. The summed E-state index contributed by atoms with van der Waals surface area (Å²) < 4.78 is 5.22. The lowest BCUT2D eigenvalue weighted by Gasteiger charge is -2.49. The molecule has 0 spiro atoms. The van der Waals surface area contributed by atoms with Gasteiger partial charge in [0.25, 0.3) is 11.8 Å². The van der Waals surface area contributed by atoms with E-state index < -0.39 is 40.8 Å². The Bertz CT molecular complexity index is 1280. The van der Waals surface area contributed by atoms with Crippen molar-refractivity contribution in [1.82, 2.24) is 30.8 Å². The maximum absolute atomic E-state index is 13.1. The second-order valence-electron chi connectivity index (χ2n) is 8.32. The van der Waals surface area contributed by atoms with Crippen molar-refractivity contribution in [2.75, 3.05) is 5.75 Å². The van der Waals surface area contributed by atoms with Gasteiger partial charge in [-0.3, -0.25) is 14.5 Å². The van der Waals surface area contributed by atoms with Crippen LogP contribution in [0, 0.1) is 0 Å². The van der Waals surface area contributed by atoms with Crippen LogP contribution in [0.4, 0.5) is 0 Å². The van der Waals surface area contributed by atoms with Gasteiger partial charge in [-0.15, -0.1) is 22.0 Å². The number of tetrazole rings is 1. The summed E-state index contributed by atoms with van der Waals surface area (Å²) in [6.45, 7) is 4.27. The molecular formula is C20H21N7O8S2. The van der Waals surface area contributed by atoms with Crippen LogP contribution < -0.4 is 5.32 Å². The number of furan rings is 1. The van der Waals surface area contributed by atoms with Gasteiger partial charge in [0.05, 0.1) is 6.26 Å². The molecule has 15 nitrogen and oxygen atoms in total. The van der Waals surface area contributed by atoms with Crippen LogP contribution in [0.1, 0.15) is 26.5 Å². The number of β-lactam (4-membered cyclic amide) rings is 1. The van der Waals surface area contributed by atoms with Crippen LogP contribution >= 0.6 is 23.5 Å². The number of thioether (sulfide) groups is 2. The number of aromatic nitrogens is 4. The molecule has 1 unspecified atom stereocenters. The van der Waals surface area contributed by atoms with Crippen molar-refractivity contribution < 1.29 is 38.6 Å². The Balaban J connectivity index is 1.53. The van der Waals surface area contributed by atoms with E-state index in [2.05, 4.69) is 31.1 Å². The lowest BCUT2D eigenvalue weighted by Crippen LogP contribution is -2.71. The monoisotopic (exact) mass is 551 g/mol. The number of carboxylic acid groups (broad SMARTS) is 2. The number of amides is 2. The van der Waals surface area contributed by atoms with Gasteiger partial charge in [0.15, 0.2) is 5.76 Å². The number of aromatic amines is 1. The van der Waals surface area contributed by atoms with E-state index in [9.17, 15) is 29.4 Å². The lowest BCUT2D eigenvalue weighted by molar-refractivity contribution is -0.161. The van der Waals surface area contributed by atoms with Crippen molar-refractivity contribution in [3.63, 3.8) is 0 Å². The van der Waals surface area contributed by atoms with E-state index in [0.29, 0.717) is 10.7 Å². The molecule has 17 heteroatoms. The van der Waals surface area contributed by atoms with Gasteiger partial charge in [0, 0.05) is 11.0 Å². The minimum atomic E-state index is -1.74. The van der Waals surface area contributed by atoms with Crippen LogP contribution in [-0.2, 0) is 24.0 Å². The van der Waals surface area contributed by atoms with E-state index in [1.807, 2.05) is 0 Å². The molecule has 2 aliphatic heterocycles. The number of nitrogens with one attached hydrogen (secondary N) is 2. The Kier molecular flexibility index (Phi) is 7.26. The van der Waals surface area contributed by atoms with Crippen molar-refractivity contribution in [3.05, 3.63) is 35.4 Å². The second-order valence-corrected chi connectivity index (χ2v) is 10.7. The first-order valence-corrected chi connectivity index (χ1v) is 12.6. The third kappa shape index (κ3) is 5.17. The molecule has 4 heterocycles. The summed E-state index contributed by atoms with van der Waals surface area (Å²) in [5.74, 6) is -3.80. The molecule has 0 saturated carbocycles. The van der Waals surface area contributed by atoms with Crippen LogP contribution in [-0.4, -0.2) is 93.2 Å². The number of carbonyl (C=O) groups excluding carboxylic acids is 2. The fraction of sp³-hybridized carbons (Fsp3) is 0.400. The smallest absolute Gasteiger partial charge is 0.352 e. The van der Waals surface area contributed by atoms with Crippen LogP contribution in [0.5, 0.6) is 0 Å². The molecule has 4 N–H and O–H groups in total. The maximum Gasteiger partial charge on any atom is 0.352 e. The first-order chi connectivity index (χ1) is 17.5. The highest BCUT2D eigenvalue weighted by molar-refractivity contribution is 8.01. The van der Waals surface area contributed by atoms with E-state index in [1.54, 1.807) is 6.92 Å². The number of carboxylic acids is 2. The lowest BCUT2D eigenvalue weighted by atomic mass is 10.0. The highest BCUT2D eigenvalue weighted by Gasteiger charge is 2.55. The molecule has 0 bridgehead atoms. The molecule has 4 rings (SSSR count). The van der Waals surface area contributed by atoms with Crippen LogP contribution in [0.25, 0.3) is 0 Å². The normalized spacial score (nSPS) is 20.7. The van der Waals surface area contributed by atoms with Gasteiger partial charge in [-0.2, -0.15) is 5.21 Å². The molecule has 2 aromatic heterocycles. The molecule has 1 fully saturated rings. The Hall–Kier alpha value is -3.86. The Morgan fingerprint density at radius 1 is 1.41 bits per heavy atom. The van der Waals surface area contributed by atoms with E-state index in [0.717, 1.165) is 4.90 Å². The molecule has 196 valence electrons. The van der Waals surface area contributed by atoms with Gasteiger partial charge in [-0.05, 0) is 43.7 Å². The number of oxime groups is 1. The van der Waals surface area contributed by atoms with E-state index in [4.69, 9.17) is 9.25 Å². The summed E-state index contributed by atoms with van der Waals surface area (Å²) in [4.78, 5) is 55.7. The van der Waals surface area contributed by atoms with Crippen molar-refractivity contribution in [2.24, 2.45) is 5.16 Å². The minimum absolute atomic E-state index is 0.0145. The van der Waals surface area contributed by atoms with Crippen LogP contribution in [0.15, 0.2) is 44.4 Å². The summed E-state index contributed by atoms with van der Waals surface area (Å²) in [5.41, 5.74) is -1.78. The zero-order valence-electron chi connectivity index (χ0n) is 19.6. The zero-order valence-corrected chi connectivity index (χ0v) is 21.2. The molecule has 2 aliphatic rings.